The maximum atomic E-state index is 11.9. The van der Waals surface area contributed by atoms with Crippen molar-refractivity contribution >= 4 is 6.09 Å². The summed E-state index contributed by atoms with van der Waals surface area (Å²) in [4.78, 5) is 15.1. The highest BCUT2D eigenvalue weighted by molar-refractivity contribution is 5.68. The molecule has 0 bridgehead atoms. The summed E-state index contributed by atoms with van der Waals surface area (Å²) < 4.78 is 28.2. The van der Waals surface area contributed by atoms with Gasteiger partial charge in [-0.15, -0.1) is 0 Å². The van der Waals surface area contributed by atoms with Gasteiger partial charge in [-0.1, -0.05) is 0 Å². The average Bonchev–Trinajstić information content (AvgIpc) is 2.58. The Balaban J connectivity index is 1.78. The Morgan fingerprint density at radius 1 is 1.44 bits per heavy atom. The highest BCUT2D eigenvalue weighted by Gasteiger charge is 2.47. The van der Waals surface area contributed by atoms with Crippen LogP contribution in [0.1, 0.15) is 6.42 Å². The summed E-state index contributed by atoms with van der Waals surface area (Å²) in [6.07, 6.45) is -2.25. The van der Waals surface area contributed by atoms with E-state index in [4.69, 9.17) is 0 Å². The minimum Gasteiger partial charge on any atom is -0.443 e. The van der Waals surface area contributed by atoms with Crippen molar-refractivity contribution in [2.24, 2.45) is 5.41 Å². The molecule has 1 spiro atoms. The van der Waals surface area contributed by atoms with Crippen LogP contribution in [0, 0.1) is 5.41 Å². The van der Waals surface area contributed by atoms with Gasteiger partial charge in [-0.3, -0.25) is 0 Å². The molecule has 0 N–H and O–H groups in total. The lowest BCUT2D eigenvalue weighted by Crippen LogP contribution is -2.55. The Morgan fingerprint density at radius 3 is 2.69 bits per heavy atom. The second-order valence-corrected chi connectivity index (χ2v) is 4.81. The molecule has 6 heteroatoms. The molecule has 0 unspecified atom stereocenters. The van der Waals surface area contributed by atoms with Crippen molar-refractivity contribution in [3.63, 3.8) is 0 Å². The van der Waals surface area contributed by atoms with Crippen molar-refractivity contribution in [1.82, 2.24) is 9.80 Å². The number of likely N-dealkylation sites (tertiary alicyclic amines) is 2. The Morgan fingerprint density at radius 2 is 2.12 bits per heavy atom. The number of rotatable bonds is 2. The monoisotopic (exact) mass is 234 g/mol. The molecule has 2 fully saturated rings. The lowest BCUT2D eigenvalue weighted by molar-refractivity contribution is 0.0168. The summed E-state index contributed by atoms with van der Waals surface area (Å²) in [6.45, 7) is 2.41. The first-order chi connectivity index (χ1) is 7.51. The van der Waals surface area contributed by atoms with Crippen molar-refractivity contribution in [3.8, 4) is 0 Å². The molecule has 16 heavy (non-hydrogen) atoms. The minimum atomic E-state index is -2.59. The molecule has 2 heterocycles. The normalized spacial score (nSPS) is 23.9. The van der Waals surface area contributed by atoms with E-state index in [0.29, 0.717) is 13.1 Å². The van der Waals surface area contributed by atoms with E-state index in [1.165, 1.54) is 4.90 Å². The van der Waals surface area contributed by atoms with Crippen LogP contribution < -0.4 is 0 Å². The molecule has 2 aliphatic rings. The molecule has 0 atom stereocenters. The zero-order valence-corrected chi connectivity index (χ0v) is 9.29. The smallest absolute Gasteiger partial charge is 0.409 e. The van der Waals surface area contributed by atoms with Gasteiger partial charge in [0.15, 0.2) is 6.61 Å². The molecule has 0 saturated carbocycles. The van der Waals surface area contributed by atoms with E-state index < -0.39 is 19.1 Å². The molecule has 92 valence electrons. The van der Waals surface area contributed by atoms with Gasteiger partial charge in [0.2, 0.25) is 0 Å². The third-order valence-electron chi connectivity index (χ3n) is 3.24. The summed E-state index contributed by atoms with van der Waals surface area (Å²) in [5, 5.41) is 0. The molecule has 0 aliphatic carbocycles. The summed E-state index contributed by atoms with van der Waals surface area (Å²) >= 11 is 0. The van der Waals surface area contributed by atoms with Crippen LogP contribution in [0.25, 0.3) is 0 Å². The van der Waals surface area contributed by atoms with Gasteiger partial charge < -0.3 is 14.5 Å². The highest BCUT2D eigenvalue weighted by atomic mass is 19.3. The van der Waals surface area contributed by atoms with Crippen molar-refractivity contribution in [3.05, 3.63) is 0 Å². The summed E-state index contributed by atoms with van der Waals surface area (Å²) in [7, 11) is 2.03. The molecule has 2 aliphatic heterocycles. The fraction of sp³-hybridized carbons (Fsp3) is 0.900. The third-order valence-corrected chi connectivity index (χ3v) is 3.24. The van der Waals surface area contributed by atoms with E-state index in [-0.39, 0.29) is 5.41 Å². The predicted octanol–water partition coefficient (Wildman–Crippen LogP) is 1.03. The Kier molecular flexibility index (Phi) is 3.01. The summed E-state index contributed by atoms with van der Waals surface area (Å²) in [5.74, 6) is 0. The maximum absolute atomic E-state index is 11.9. The number of hydrogen-bond acceptors (Lipinski definition) is 3. The quantitative estimate of drug-likeness (QED) is 0.715. The van der Waals surface area contributed by atoms with E-state index in [1.54, 1.807) is 0 Å². The lowest BCUT2D eigenvalue weighted by Gasteiger charge is -2.45. The topological polar surface area (TPSA) is 32.8 Å². The van der Waals surface area contributed by atoms with Gasteiger partial charge in [-0.05, 0) is 13.5 Å². The van der Waals surface area contributed by atoms with E-state index >= 15 is 0 Å². The first-order valence-electron chi connectivity index (χ1n) is 5.39. The van der Waals surface area contributed by atoms with Gasteiger partial charge in [0.05, 0.1) is 0 Å². The number of hydrogen-bond donors (Lipinski definition) is 0. The van der Waals surface area contributed by atoms with E-state index in [1.807, 2.05) is 7.05 Å². The minimum absolute atomic E-state index is 0.193. The second kappa shape index (κ2) is 4.16. The number of amides is 1. The first-order valence-corrected chi connectivity index (χ1v) is 5.39. The van der Waals surface area contributed by atoms with Crippen LogP contribution >= 0.6 is 0 Å². The molecule has 2 saturated heterocycles. The summed E-state index contributed by atoms with van der Waals surface area (Å²) in [6, 6.07) is 0. The van der Waals surface area contributed by atoms with Crippen molar-refractivity contribution in [2.45, 2.75) is 12.8 Å². The fourth-order valence-electron chi connectivity index (χ4n) is 2.67. The van der Waals surface area contributed by atoms with Crippen LogP contribution in [0.4, 0.5) is 13.6 Å². The second-order valence-electron chi connectivity index (χ2n) is 4.81. The average molecular weight is 234 g/mol. The van der Waals surface area contributed by atoms with Crippen LogP contribution in [0.3, 0.4) is 0 Å². The van der Waals surface area contributed by atoms with Crippen molar-refractivity contribution in [1.29, 1.82) is 0 Å². The molecule has 0 aromatic rings. The van der Waals surface area contributed by atoms with Crippen LogP contribution in [0.5, 0.6) is 0 Å². The van der Waals surface area contributed by atoms with E-state index in [2.05, 4.69) is 9.64 Å². The van der Waals surface area contributed by atoms with Gasteiger partial charge in [-0.2, -0.15) is 0 Å². The van der Waals surface area contributed by atoms with Crippen LogP contribution in [-0.2, 0) is 4.74 Å². The number of ether oxygens (including phenoxy) is 1. The van der Waals surface area contributed by atoms with Crippen LogP contribution in [-0.4, -0.2) is 62.2 Å². The predicted molar refractivity (Wildman–Crippen MR) is 53.5 cm³/mol. The van der Waals surface area contributed by atoms with Crippen molar-refractivity contribution in [2.75, 3.05) is 39.8 Å². The van der Waals surface area contributed by atoms with Crippen LogP contribution in [0.2, 0.25) is 0 Å². The molecule has 0 aromatic carbocycles. The molecular weight excluding hydrogens is 218 g/mol. The van der Waals surface area contributed by atoms with Crippen LogP contribution in [0.15, 0.2) is 0 Å². The highest BCUT2D eigenvalue weighted by Crippen LogP contribution is 2.38. The first kappa shape index (κ1) is 11.6. The number of carbonyl (C=O) groups is 1. The molecule has 2 rings (SSSR count). The number of nitrogens with zero attached hydrogens (tertiary/aromatic N) is 2. The molecule has 1 amide bonds. The molecule has 0 radical (unpaired) electrons. The number of carbonyl (C=O) groups excluding carboxylic acids is 1. The number of alkyl halides is 2. The maximum Gasteiger partial charge on any atom is 0.409 e. The standard InChI is InChI=1S/C10H16F2N2O2/c1-13-5-10(6-13)2-3-14(7-10)9(15)16-4-8(11)12/h8H,2-7H2,1H3. The molecular formula is C10H16F2N2O2. The molecule has 0 aromatic heterocycles. The van der Waals surface area contributed by atoms with E-state index in [9.17, 15) is 13.6 Å². The van der Waals surface area contributed by atoms with Gasteiger partial charge in [0.25, 0.3) is 6.43 Å². The SMILES string of the molecule is CN1CC2(CCN(C(=O)OCC(F)F)C2)C1. The largest absolute Gasteiger partial charge is 0.443 e. The van der Waals surface area contributed by atoms with Gasteiger partial charge >= 0.3 is 6.09 Å². The van der Waals surface area contributed by atoms with Gasteiger partial charge in [0.1, 0.15) is 0 Å². The lowest BCUT2D eigenvalue weighted by atomic mass is 9.80. The van der Waals surface area contributed by atoms with E-state index in [0.717, 1.165) is 19.5 Å². The zero-order chi connectivity index (χ0) is 11.8. The fourth-order valence-corrected chi connectivity index (χ4v) is 2.67. The van der Waals surface area contributed by atoms with Gasteiger partial charge in [0, 0.05) is 31.6 Å². The Hall–Kier alpha value is -0.910. The molecule has 4 nitrogen and oxygen atoms in total. The summed E-state index contributed by atoms with van der Waals surface area (Å²) in [5.41, 5.74) is 0.193. The number of halogens is 2. The van der Waals surface area contributed by atoms with Gasteiger partial charge in [-0.25, -0.2) is 13.6 Å². The third kappa shape index (κ3) is 2.26. The Labute approximate surface area is 93.1 Å². The Bertz CT molecular complexity index is 280. The van der Waals surface area contributed by atoms with Crippen molar-refractivity contribution < 1.29 is 18.3 Å². The zero-order valence-electron chi connectivity index (χ0n) is 9.29.